The number of nitro groups is 1. The van der Waals surface area contributed by atoms with Crippen LogP contribution < -0.4 is 20.1 Å². The van der Waals surface area contributed by atoms with Crippen LogP contribution in [0, 0.1) is 31.8 Å². The Hall–Kier alpha value is -9.56. The fraction of sp³-hybridized carbons (Fsp3) is 0.393. The van der Waals surface area contributed by atoms with Crippen LogP contribution in [0.15, 0.2) is 199 Å². The molecule has 0 aliphatic carbocycles. The highest BCUT2D eigenvalue weighted by atomic mass is 32.2. The number of pyridine rings is 1. The summed E-state index contributed by atoms with van der Waals surface area (Å²) >= 11 is 0. The van der Waals surface area contributed by atoms with E-state index in [1.165, 1.54) is 44.8 Å². The van der Waals surface area contributed by atoms with Crippen LogP contribution in [-0.2, 0) is 55.3 Å². The van der Waals surface area contributed by atoms with Gasteiger partial charge in [-0.05, 0) is 165 Å². The van der Waals surface area contributed by atoms with Crippen LogP contribution in [0.2, 0.25) is 0 Å². The number of methoxy groups -OCH3 is 2. The van der Waals surface area contributed by atoms with Gasteiger partial charge in [0.15, 0.2) is 11.5 Å². The molecule has 2 aliphatic heterocycles. The van der Waals surface area contributed by atoms with E-state index in [1.54, 1.807) is 31.5 Å². The number of nitrogens with zero attached hydrogens (tertiary/aromatic N) is 6. The van der Waals surface area contributed by atoms with Gasteiger partial charge in [0.05, 0.1) is 24.0 Å². The van der Waals surface area contributed by atoms with Crippen molar-refractivity contribution in [2.24, 2.45) is 21.7 Å². The van der Waals surface area contributed by atoms with Crippen molar-refractivity contribution in [1.29, 1.82) is 0 Å². The van der Waals surface area contributed by atoms with Crippen molar-refractivity contribution in [3.8, 4) is 11.5 Å². The number of aromatic nitrogens is 1. The summed E-state index contributed by atoms with van der Waals surface area (Å²) in [5.41, 5.74) is 11.7. The van der Waals surface area contributed by atoms with Gasteiger partial charge in [-0.3, -0.25) is 39.2 Å². The fourth-order valence-electron chi connectivity index (χ4n) is 11.9. The molecule has 0 radical (unpaired) electrons. The molecule has 0 saturated carbocycles. The van der Waals surface area contributed by atoms with Crippen molar-refractivity contribution in [3.63, 3.8) is 0 Å². The predicted molar refractivity (Wildman–Crippen MR) is 410 cm³/mol. The average molecular weight is 1420 g/mol. The highest BCUT2D eigenvalue weighted by molar-refractivity contribution is 7.89. The maximum atomic E-state index is 12.9. The Labute approximate surface area is 611 Å². The Morgan fingerprint density at radius 1 is 0.437 bits per heavy atom. The number of nitrogens with one attached hydrogen (secondary N) is 2. The maximum Gasteiger partial charge on any atom is 0.270 e. The second kappa shape index (κ2) is 37.0. The lowest BCUT2D eigenvalue weighted by Gasteiger charge is -2.34. The van der Waals surface area contributed by atoms with E-state index in [4.69, 9.17) is 9.47 Å². The highest BCUT2D eigenvalue weighted by Gasteiger charge is 2.32. The normalized spacial score (nSPS) is 13.7. The van der Waals surface area contributed by atoms with Crippen LogP contribution in [0.4, 0.5) is 5.69 Å². The molecule has 2 aliphatic rings. The number of sulfonamides is 1. The first-order chi connectivity index (χ1) is 48.6. The third-order valence-electron chi connectivity index (χ3n) is 17.0. The third-order valence-corrected chi connectivity index (χ3v) is 18.9. The molecule has 8 aromatic rings. The molecule has 2 saturated heterocycles. The maximum absolute atomic E-state index is 12.9. The van der Waals surface area contributed by atoms with E-state index < -0.39 is 14.9 Å². The average Bonchev–Trinajstić information content (AvgIpc) is 0.795. The summed E-state index contributed by atoms with van der Waals surface area (Å²) in [5.74, 6) is 1.22. The number of amides is 4. The zero-order valence-electron chi connectivity index (χ0n) is 62.8. The molecule has 10 rings (SSSR count). The Balaban J connectivity index is 0.000000194. The van der Waals surface area contributed by atoms with Gasteiger partial charge in [0.2, 0.25) is 10.0 Å². The zero-order valence-corrected chi connectivity index (χ0v) is 63.6. The minimum absolute atomic E-state index is 0.0471. The Morgan fingerprint density at radius 3 is 1.22 bits per heavy atom. The van der Waals surface area contributed by atoms with Crippen molar-refractivity contribution in [2.45, 2.75) is 133 Å². The van der Waals surface area contributed by atoms with Gasteiger partial charge in [0.25, 0.3) is 29.3 Å². The van der Waals surface area contributed by atoms with Gasteiger partial charge >= 0.3 is 0 Å². The molecular formula is C84H106N8O10S. The van der Waals surface area contributed by atoms with Crippen LogP contribution in [0.25, 0.3) is 0 Å². The van der Waals surface area contributed by atoms with Gasteiger partial charge in [-0.15, -0.1) is 0 Å². The first kappa shape index (κ1) is 80.7. The number of hydrogen-bond donors (Lipinski definition) is 2. The van der Waals surface area contributed by atoms with E-state index in [0.717, 1.165) is 86.7 Å². The molecule has 7 aromatic carbocycles. The lowest BCUT2D eigenvalue weighted by molar-refractivity contribution is -0.385. The standard InChI is InChI=1S/C23H30N2O.C22H27N3O5S.C21H27NO3.C18H22N2O/c1-23(2,3)17-19-9-11-21(12-10-19)22(26)25-15-13-24(14-16-25)18-20-7-5-4-6-8-20;1-22(2,3)16-17-7-9-18(10-8-17)21(26)23-11-13-24(14-12-23)31(29,30)20-6-4-5-19(15-20)25(27)28;1-21(2,3)13-15-6-9-17(10-7-15)20(23)22-14-16-8-11-18(24-4)19(12-16)25-5;1-18(2,3)12-14-4-6-16(7-5-14)17(21)20-13-15-8-10-19-11-9-15/h4-12H,13-18H2,1-3H3;4-10,15H,11-14,16H2,1-3H3;6-12H,13-14H2,1-5H3,(H,22,23);4-11H,12-13H2,1-3H3,(H,20,21). The minimum atomic E-state index is -3.86. The minimum Gasteiger partial charge on any atom is -0.493 e. The number of carbonyl (C=O) groups is 4. The molecule has 1 aromatic heterocycles. The van der Waals surface area contributed by atoms with E-state index >= 15 is 0 Å². The van der Waals surface area contributed by atoms with Gasteiger partial charge in [0, 0.05) is 119 Å². The summed E-state index contributed by atoms with van der Waals surface area (Å²) in [5, 5.41) is 16.8. The van der Waals surface area contributed by atoms with Crippen LogP contribution in [-0.4, -0.2) is 128 Å². The second-order valence-corrected chi connectivity index (χ2v) is 33.1. The molecule has 0 atom stereocenters. The number of hydrogen-bond acceptors (Lipinski definition) is 12. The van der Waals surface area contributed by atoms with Crippen molar-refractivity contribution < 1.29 is 42.0 Å². The van der Waals surface area contributed by atoms with Crippen LogP contribution >= 0.6 is 0 Å². The fourth-order valence-corrected chi connectivity index (χ4v) is 13.4. The van der Waals surface area contributed by atoms with Crippen LogP contribution in [0.3, 0.4) is 0 Å². The second-order valence-electron chi connectivity index (χ2n) is 31.2. The summed E-state index contributed by atoms with van der Waals surface area (Å²) < 4.78 is 37.5. The molecule has 548 valence electrons. The summed E-state index contributed by atoms with van der Waals surface area (Å²) in [4.78, 5) is 70.2. The lowest BCUT2D eigenvalue weighted by atomic mass is 9.88. The number of carbonyl (C=O) groups excluding carboxylic acids is 4. The van der Waals surface area contributed by atoms with Crippen LogP contribution in [0.5, 0.6) is 11.5 Å². The molecule has 4 amide bonds. The highest BCUT2D eigenvalue weighted by Crippen LogP contribution is 2.29. The van der Waals surface area contributed by atoms with Gasteiger partial charge in [-0.25, -0.2) is 8.42 Å². The van der Waals surface area contributed by atoms with Gasteiger partial charge in [-0.1, -0.05) is 174 Å². The van der Waals surface area contributed by atoms with Gasteiger partial charge < -0.3 is 29.9 Å². The molecule has 0 bridgehead atoms. The van der Waals surface area contributed by atoms with Crippen molar-refractivity contribution in [3.05, 3.63) is 266 Å². The Kier molecular flexibility index (Phi) is 29.0. The SMILES string of the molecule is CC(C)(C)Cc1ccc(C(=O)N2CCN(Cc3ccccc3)CC2)cc1.CC(C)(C)Cc1ccc(C(=O)N2CCN(S(=O)(=O)c3cccc([N+](=O)[O-])c3)CC2)cc1.CC(C)(C)Cc1ccc(C(=O)NCc2ccncc2)cc1.COc1ccc(CNC(=O)c2ccc(CC(C)(C)C)cc2)cc1OC. The Bertz CT molecular complexity index is 4150. The summed E-state index contributed by atoms with van der Waals surface area (Å²) in [6.07, 6.45) is 7.38. The number of benzene rings is 7. The zero-order chi connectivity index (χ0) is 75.1. The molecule has 0 unspecified atom stereocenters. The van der Waals surface area contributed by atoms with Crippen molar-refractivity contribution >= 4 is 39.3 Å². The molecule has 2 fully saturated rings. The number of piperazine rings is 2. The summed E-state index contributed by atoms with van der Waals surface area (Å²) in [6, 6.07) is 56.3. The monoisotopic (exact) mass is 1420 g/mol. The molecule has 3 heterocycles. The number of nitro benzene ring substituents is 1. The summed E-state index contributed by atoms with van der Waals surface area (Å²) in [6.45, 7) is 32.6. The first-order valence-electron chi connectivity index (χ1n) is 35.3. The molecule has 19 heteroatoms. The molecular weight excluding hydrogens is 1310 g/mol. The molecule has 0 spiro atoms. The van der Waals surface area contributed by atoms with E-state index in [1.807, 2.05) is 126 Å². The summed E-state index contributed by atoms with van der Waals surface area (Å²) in [7, 11) is -0.668. The first-order valence-corrected chi connectivity index (χ1v) is 36.7. The smallest absolute Gasteiger partial charge is 0.270 e. The largest absolute Gasteiger partial charge is 0.493 e. The Morgan fingerprint density at radius 2 is 0.825 bits per heavy atom. The van der Waals surface area contributed by atoms with Gasteiger partial charge in [-0.2, -0.15) is 4.31 Å². The van der Waals surface area contributed by atoms with E-state index in [9.17, 15) is 37.7 Å². The lowest BCUT2D eigenvalue weighted by Crippen LogP contribution is -2.50. The molecule has 103 heavy (non-hydrogen) atoms. The van der Waals surface area contributed by atoms with Crippen molar-refractivity contribution in [1.82, 2.24) is 34.6 Å². The number of ether oxygens (including phenoxy) is 2. The molecule has 2 N–H and O–H groups in total. The predicted octanol–water partition coefficient (Wildman–Crippen LogP) is 15.4. The number of rotatable bonds is 19. The van der Waals surface area contributed by atoms with E-state index in [0.29, 0.717) is 41.3 Å². The van der Waals surface area contributed by atoms with E-state index in [-0.39, 0.29) is 82.1 Å². The quantitative estimate of drug-likeness (QED) is 0.0571. The van der Waals surface area contributed by atoms with Crippen LogP contribution in [0.1, 0.15) is 163 Å². The molecule has 18 nitrogen and oxygen atoms in total. The van der Waals surface area contributed by atoms with Gasteiger partial charge in [0.1, 0.15) is 0 Å². The van der Waals surface area contributed by atoms with Crippen molar-refractivity contribution in [2.75, 3.05) is 66.6 Å². The third kappa shape index (κ3) is 27.0. The topological polar surface area (TPSA) is 214 Å². The number of non-ortho nitro benzene ring substituents is 1. The van der Waals surface area contributed by atoms with E-state index in [2.05, 4.69) is 140 Å².